The van der Waals surface area contributed by atoms with Crippen LogP contribution in [0, 0.1) is 0 Å². The quantitative estimate of drug-likeness (QED) is 0.499. The SMILES string of the molecule is O=S1(=O)CC[C@H](N(CCNS(=O)(=O)c2ccc(Cl)c(Cl)c2)S(=O)(=O)c2ccc(Cl)c(Cl)c2)C1. The molecule has 1 N–H and O–H groups in total. The van der Waals surface area contributed by atoms with E-state index in [9.17, 15) is 25.3 Å². The van der Waals surface area contributed by atoms with Gasteiger partial charge in [0.1, 0.15) is 0 Å². The predicted molar refractivity (Wildman–Crippen MR) is 129 cm³/mol. The molecule has 3 rings (SSSR count). The lowest BCUT2D eigenvalue weighted by Gasteiger charge is -2.27. The maximum absolute atomic E-state index is 13.3. The second kappa shape index (κ2) is 10.2. The summed E-state index contributed by atoms with van der Waals surface area (Å²) in [5.41, 5.74) is 0. The lowest BCUT2D eigenvalue weighted by molar-refractivity contribution is 0.343. The molecule has 0 aliphatic carbocycles. The first-order valence-electron chi connectivity index (χ1n) is 9.35. The summed E-state index contributed by atoms with van der Waals surface area (Å²) in [7, 11) is -11.7. The van der Waals surface area contributed by atoms with E-state index in [4.69, 9.17) is 46.4 Å². The zero-order valence-electron chi connectivity index (χ0n) is 16.7. The van der Waals surface area contributed by atoms with Gasteiger partial charge in [-0.15, -0.1) is 0 Å². The zero-order chi connectivity index (χ0) is 24.6. The Morgan fingerprint density at radius 3 is 1.94 bits per heavy atom. The van der Waals surface area contributed by atoms with Crippen LogP contribution < -0.4 is 4.72 Å². The van der Waals surface area contributed by atoms with Crippen molar-refractivity contribution in [3.05, 3.63) is 56.5 Å². The van der Waals surface area contributed by atoms with Gasteiger partial charge in [0.05, 0.1) is 41.4 Å². The van der Waals surface area contributed by atoms with Crippen molar-refractivity contribution in [2.75, 3.05) is 24.6 Å². The number of halogens is 4. The summed E-state index contributed by atoms with van der Waals surface area (Å²) in [6.45, 7) is -0.636. The molecule has 0 radical (unpaired) electrons. The van der Waals surface area contributed by atoms with Gasteiger partial charge in [0.25, 0.3) is 0 Å². The van der Waals surface area contributed by atoms with Gasteiger partial charge in [-0.1, -0.05) is 46.4 Å². The number of benzene rings is 2. The summed E-state index contributed by atoms with van der Waals surface area (Å²) < 4.78 is 79.1. The monoisotopic (exact) mass is 594 g/mol. The number of nitrogens with zero attached hydrogens (tertiary/aromatic N) is 1. The van der Waals surface area contributed by atoms with E-state index in [1.165, 1.54) is 30.3 Å². The average molecular weight is 596 g/mol. The van der Waals surface area contributed by atoms with Crippen LogP contribution in [-0.4, -0.2) is 60.2 Å². The van der Waals surface area contributed by atoms with Gasteiger partial charge in [-0.3, -0.25) is 0 Å². The van der Waals surface area contributed by atoms with Crippen LogP contribution in [-0.2, 0) is 29.9 Å². The van der Waals surface area contributed by atoms with Gasteiger partial charge in [0.15, 0.2) is 9.84 Å². The molecule has 15 heteroatoms. The van der Waals surface area contributed by atoms with Gasteiger partial charge in [-0.25, -0.2) is 30.0 Å². The molecule has 1 aliphatic rings. The molecule has 182 valence electrons. The van der Waals surface area contributed by atoms with Gasteiger partial charge in [0, 0.05) is 19.1 Å². The van der Waals surface area contributed by atoms with Crippen LogP contribution in [0.3, 0.4) is 0 Å². The summed E-state index contributed by atoms with van der Waals surface area (Å²) in [6.07, 6.45) is 0.0857. The maximum atomic E-state index is 13.3. The van der Waals surface area contributed by atoms with E-state index in [1.807, 2.05) is 0 Å². The van der Waals surface area contributed by atoms with Gasteiger partial charge >= 0.3 is 0 Å². The van der Waals surface area contributed by atoms with Crippen molar-refractivity contribution in [2.24, 2.45) is 0 Å². The standard InChI is InChI=1S/C18H18Cl4N2O6S3/c19-15-3-1-13(9-17(15)21)32(27,28)23-6-7-24(12-5-8-31(25,26)11-12)33(29,30)14-2-4-16(20)18(22)10-14/h1-4,9-10,12,23H,5-8,11H2/t12-/m0/s1. The molecule has 2 aromatic carbocycles. The highest BCUT2D eigenvalue weighted by atomic mass is 35.5. The number of nitrogens with one attached hydrogen (secondary N) is 1. The molecule has 0 bridgehead atoms. The second-order valence-electron chi connectivity index (χ2n) is 7.22. The van der Waals surface area contributed by atoms with Gasteiger partial charge in [0.2, 0.25) is 20.0 Å². The van der Waals surface area contributed by atoms with Crippen LogP contribution in [0.5, 0.6) is 0 Å². The fourth-order valence-electron chi connectivity index (χ4n) is 3.29. The molecule has 0 unspecified atom stereocenters. The van der Waals surface area contributed by atoms with Crippen LogP contribution >= 0.6 is 46.4 Å². The third-order valence-electron chi connectivity index (χ3n) is 4.94. The Labute approximate surface area is 212 Å². The average Bonchev–Trinajstić information content (AvgIpc) is 3.08. The third kappa shape index (κ3) is 6.33. The molecule has 8 nitrogen and oxygen atoms in total. The highest BCUT2D eigenvalue weighted by Crippen LogP contribution is 2.30. The largest absolute Gasteiger partial charge is 0.243 e. The summed E-state index contributed by atoms with van der Waals surface area (Å²) >= 11 is 23.5. The van der Waals surface area contributed by atoms with E-state index >= 15 is 0 Å². The normalized spacial score (nSPS) is 18.6. The number of sulfone groups is 1. The Balaban J connectivity index is 1.86. The summed E-state index contributed by atoms with van der Waals surface area (Å²) in [6, 6.07) is 6.61. The minimum Gasteiger partial charge on any atom is -0.229 e. The predicted octanol–water partition coefficient (Wildman–Crippen LogP) is 3.46. The molecule has 1 heterocycles. The molecule has 33 heavy (non-hydrogen) atoms. The lowest BCUT2D eigenvalue weighted by atomic mass is 10.2. The Kier molecular flexibility index (Phi) is 8.30. The van der Waals surface area contributed by atoms with Crippen molar-refractivity contribution in [3.8, 4) is 0 Å². The Bertz CT molecular complexity index is 1380. The van der Waals surface area contributed by atoms with Crippen LogP contribution in [0.4, 0.5) is 0 Å². The van der Waals surface area contributed by atoms with E-state index in [0.29, 0.717) is 0 Å². The number of rotatable bonds is 8. The molecule has 0 amide bonds. The maximum Gasteiger partial charge on any atom is 0.243 e. The van der Waals surface area contributed by atoms with E-state index in [1.54, 1.807) is 0 Å². The number of hydrogen-bond donors (Lipinski definition) is 1. The Morgan fingerprint density at radius 1 is 0.879 bits per heavy atom. The van der Waals surface area contributed by atoms with Gasteiger partial charge in [-0.05, 0) is 42.8 Å². The third-order valence-corrected chi connectivity index (χ3v) is 11.6. The summed E-state index contributed by atoms with van der Waals surface area (Å²) in [5.74, 6) is -0.535. The van der Waals surface area contributed by atoms with Crippen LogP contribution in [0.15, 0.2) is 46.2 Å². The molecule has 1 atom stereocenters. The van der Waals surface area contributed by atoms with Crippen LogP contribution in [0.25, 0.3) is 0 Å². The number of sulfonamides is 2. The van der Waals surface area contributed by atoms with Crippen molar-refractivity contribution in [3.63, 3.8) is 0 Å². The first-order chi connectivity index (χ1) is 15.2. The topological polar surface area (TPSA) is 118 Å². The number of hydrogen-bond acceptors (Lipinski definition) is 6. The lowest BCUT2D eigenvalue weighted by Crippen LogP contribution is -2.45. The molecular formula is C18H18Cl4N2O6S3. The van der Waals surface area contributed by atoms with E-state index in [0.717, 1.165) is 10.4 Å². The highest BCUT2D eigenvalue weighted by molar-refractivity contribution is 7.92. The fraction of sp³-hybridized carbons (Fsp3) is 0.333. The smallest absolute Gasteiger partial charge is 0.229 e. The van der Waals surface area contributed by atoms with Crippen molar-refractivity contribution in [1.82, 2.24) is 9.03 Å². The first-order valence-corrected chi connectivity index (χ1v) is 15.6. The van der Waals surface area contributed by atoms with Gasteiger partial charge < -0.3 is 0 Å². The van der Waals surface area contributed by atoms with E-state index in [2.05, 4.69) is 4.72 Å². The van der Waals surface area contributed by atoms with Crippen molar-refractivity contribution in [1.29, 1.82) is 0 Å². The Morgan fingerprint density at radius 2 is 1.42 bits per heavy atom. The second-order valence-corrected chi connectivity index (χ2v) is 14.7. The van der Waals surface area contributed by atoms with E-state index < -0.39 is 35.9 Å². The molecule has 1 saturated heterocycles. The molecule has 0 saturated carbocycles. The molecule has 1 aliphatic heterocycles. The van der Waals surface area contributed by atoms with E-state index in [-0.39, 0.29) is 60.9 Å². The van der Waals surface area contributed by atoms with Crippen molar-refractivity contribution < 1.29 is 25.3 Å². The van der Waals surface area contributed by atoms with Gasteiger partial charge in [-0.2, -0.15) is 4.31 Å². The molecule has 2 aromatic rings. The van der Waals surface area contributed by atoms with Crippen molar-refractivity contribution >= 4 is 76.3 Å². The molecule has 1 fully saturated rings. The fourth-order valence-corrected chi connectivity index (χ4v) is 8.57. The first kappa shape index (κ1) is 27.0. The Hall–Kier alpha value is -0.630. The van der Waals surface area contributed by atoms with Crippen molar-refractivity contribution in [2.45, 2.75) is 22.3 Å². The zero-order valence-corrected chi connectivity index (χ0v) is 22.2. The van der Waals surface area contributed by atoms with Crippen LogP contribution in [0.1, 0.15) is 6.42 Å². The minimum atomic E-state index is -4.22. The molecule has 0 aromatic heterocycles. The molecular weight excluding hydrogens is 578 g/mol. The summed E-state index contributed by atoms with van der Waals surface area (Å²) in [4.78, 5) is -0.340. The highest BCUT2D eigenvalue weighted by Gasteiger charge is 2.39. The minimum absolute atomic E-state index is 0.0112. The molecule has 0 spiro atoms. The van der Waals surface area contributed by atoms with Crippen LogP contribution in [0.2, 0.25) is 20.1 Å². The summed E-state index contributed by atoms with van der Waals surface area (Å²) in [5, 5.41) is 0.383.